The molecule has 0 spiro atoms. The van der Waals surface area contributed by atoms with Crippen LogP contribution in [0.5, 0.6) is 0 Å². The molecule has 1 saturated heterocycles. The molecule has 0 bridgehead atoms. The first-order valence-corrected chi connectivity index (χ1v) is 3.32. The number of hydrogen-bond acceptors (Lipinski definition) is 8. The minimum Gasteiger partial charge on any atom is -0.287 e. The molecule has 0 aromatic rings. The van der Waals surface area contributed by atoms with Crippen molar-refractivity contribution in [3.05, 3.63) is 0 Å². The van der Waals surface area contributed by atoms with Crippen LogP contribution >= 0.6 is 0 Å². The van der Waals surface area contributed by atoms with Gasteiger partial charge in [-0.2, -0.15) is 9.78 Å². The fourth-order valence-electron chi connectivity index (χ4n) is 0.387. The van der Waals surface area contributed by atoms with Gasteiger partial charge >= 0.3 is 17.7 Å². The van der Waals surface area contributed by atoms with E-state index in [1.54, 1.807) is 0 Å². The van der Waals surface area contributed by atoms with Crippen molar-refractivity contribution < 1.29 is 38.7 Å². The summed E-state index contributed by atoms with van der Waals surface area (Å²) in [6, 6.07) is 0. The summed E-state index contributed by atoms with van der Waals surface area (Å²) < 4.78 is 0. The molecule has 0 saturated carbocycles. The van der Waals surface area contributed by atoms with Crippen LogP contribution in [0.25, 0.3) is 0 Å². The van der Waals surface area contributed by atoms with Crippen LogP contribution in [0.2, 0.25) is 0 Å². The van der Waals surface area contributed by atoms with Gasteiger partial charge in [-0.05, 0) is 0 Å². The van der Waals surface area contributed by atoms with Gasteiger partial charge < -0.3 is 0 Å². The molecular weight excluding hydrogens is 200 g/mol. The summed E-state index contributed by atoms with van der Waals surface area (Å²) in [4.78, 5) is 57.4. The summed E-state index contributed by atoms with van der Waals surface area (Å²) in [5.74, 6) is -5.00. The first kappa shape index (κ1) is 10.3. The number of rotatable bonds is 3. The van der Waals surface area contributed by atoms with Crippen LogP contribution in [0.15, 0.2) is 0 Å². The van der Waals surface area contributed by atoms with Gasteiger partial charge in [0.2, 0.25) is 5.78 Å². The molecule has 1 rings (SSSR count). The van der Waals surface area contributed by atoms with E-state index in [1.165, 1.54) is 0 Å². The van der Waals surface area contributed by atoms with Crippen molar-refractivity contribution in [2.45, 2.75) is 13.2 Å². The summed E-state index contributed by atoms with van der Waals surface area (Å²) in [7, 11) is 0. The second kappa shape index (κ2) is 3.94. The van der Waals surface area contributed by atoms with Crippen molar-refractivity contribution >= 4 is 23.5 Å². The Morgan fingerprint density at radius 3 is 1.93 bits per heavy atom. The van der Waals surface area contributed by atoms with Crippen molar-refractivity contribution in [2.24, 2.45) is 0 Å². The van der Waals surface area contributed by atoms with E-state index in [9.17, 15) is 19.2 Å². The molecule has 0 amide bonds. The second-order valence-corrected chi connectivity index (χ2v) is 2.19. The van der Waals surface area contributed by atoms with Crippen LogP contribution in [-0.2, 0) is 38.7 Å². The van der Waals surface area contributed by atoms with Gasteiger partial charge in [-0.25, -0.2) is 19.4 Å². The quantitative estimate of drug-likeness (QED) is 0.234. The lowest BCUT2D eigenvalue weighted by Crippen LogP contribution is -2.25. The standard InChI is InChI=1S/C6H4O8/c1-2(7)4(9)11-12-5(10)3(8)6-13-14-6/h6H,1H3. The summed E-state index contributed by atoms with van der Waals surface area (Å²) in [6.45, 7) is 0.908. The van der Waals surface area contributed by atoms with Gasteiger partial charge in [0, 0.05) is 6.92 Å². The van der Waals surface area contributed by atoms with E-state index in [0.29, 0.717) is 0 Å². The minimum absolute atomic E-state index is 0.908. The lowest BCUT2D eigenvalue weighted by molar-refractivity contribution is -0.254. The smallest absolute Gasteiger partial charge is 0.287 e. The van der Waals surface area contributed by atoms with Gasteiger partial charge in [0.25, 0.3) is 6.29 Å². The Morgan fingerprint density at radius 1 is 1.00 bits per heavy atom. The fourth-order valence-corrected chi connectivity index (χ4v) is 0.387. The lowest BCUT2D eigenvalue weighted by Gasteiger charge is -1.97. The van der Waals surface area contributed by atoms with Gasteiger partial charge in [-0.1, -0.05) is 0 Å². The zero-order chi connectivity index (χ0) is 10.7. The van der Waals surface area contributed by atoms with Gasteiger partial charge in [-0.15, -0.1) is 0 Å². The van der Waals surface area contributed by atoms with Crippen molar-refractivity contribution in [3.63, 3.8) is 0 Å². The van der Waals surface area contributed by atoms with Crippen LogP contribution < -0.4 is 0 Å². The van der Waals surface area contributed by atoms with Gasteiger partial charge in [-0.3, -0.25) is 9.59 Å². The summed E-state index contributed by atoms with van der Waals surface area (Å²) >= 11 is 0. The summed E-state index contributed by atoms with van der Waals surface area (Å²) in [5, 5.41) is 0. The third kappa shape index (κ3) is 2.61. The average Bonchev–Trinajstić information content (AvgIpc) is 2.95. The van der Waals surface area contributed by atoms with Gasteiger partial charge in [0.05, 0.1) is 0 Å². The molecule has 0 aromatic heterocycles. The molecule has 0 unspecified atom stereocenters. The Bertz CT molecular complexity index is 301. The van der Waals surface area contributed by atoms with E-state index in [-0.39, 0.29) is 0 Å². The molecular formula is C6H4O8. The Hall–Kier alpha value is -1.80. The van der Waals surface area contributed by atoms with E-state index in [2.05, 4.69) is 19.6 Å². The molecule has 1 heterocycles. The number of Topliss-reactive ketones (excluding diaryl/α,β-unsaturated/α-hetero) is 2. The third-order valence-corrected chi connectivity index (χ3v) is 1.09. The first-order chi connectivity index (χ1) is 6.52. The average molecular weight is 204 g/mol. The number of ketones is 2. The van der Waals surface area contributed by atoms with Crippen LogP contribution in [0.1, 0.15) is 6.92 Å². The maximum atomic E-state index is 10.7. The molecule has 1 fully saturated rings. The molecule has 8 nitrogen and oxygen atoms in total. The van der Waals surface area contributed by atoms with E-state index < -0.39 is 29.8 Å². The van der Waals surface area contributed by atoms with Crippen LogP contribution in [0, 0.1) is 0 Å². The molecule has 76 valence electrons. The second-order valence-electron chi connectivity index (χ2n) is 2.19. The molecule has 8 heteroatoms. The number of hydrogen-bond donors (Lipinski definition) is 0. The van der Waals surface area contributed by atoms with Gasteiger partial charge in [0.1, 0.15) is 0 Å². The Labute approximate surface area is 76.5 Å². The Morgan fingerprint density at radius 2 is 1.50 bits per heavy atom. The van der Waals surface area contributed by atoms with Crippen molar-refractivity contribution in [2.75, 3.05) is 0 Å². The molecule has 0 aliphatic carbocycles. The first-order valence-electron chi connectivity index (χ1n) is 3.32. The topological polar surface area (TPSA) is 112 Å². The third-order valence-electron chi connectivity index (χ3n) is 1.09. The van der Waals surface area contributed by atoms with E-state index >= 15 is 0 Å². The van der Waals surface area contributed by atoms with E-state index in [0.717, 1.165) is 6.92 Å². The molecule has 14 heavy (non-hydrogen) atoms. The van der Waals surface area contributed by atoms with Crippen LogP contribution in [-0.4, -0.2) is 29.8 Å². The number of carbonyl (C=O) groups is 4. The molecule has 0 atom stereocenters. The summed E-state index contributed by atoms with van der Waals surface area (Å²) in [5.41, 5.74) is 0. The summed E-state index contributed by atoms with van der Waals surface area (Å²) in [6.07, 6.45) is -1.31. The Balaban J connectivity index is 2.30. The van der Waals surface area contributed by atoms with E-state index in [4.69, 9.17) is 0 Å². The molecule has 1 aliphatic rings. The highest BCUT2D eigenvalue weighted by Gasteiger charge is 2.41. The largest absolute Gasteiger partial charge is 0.427 e. The molecule has 0 aromatic carbocycles. The fraction of sp³-hybridized carbons (Fsp3) is 0.333. The Kier molecular flexibility index (Phi) is 2.89. The highest BCUT2D eigenvalue weighted by Crippen LogP contribution is 2.13. The lowest BCUT2D eigenvalue weighted by atomic mass is 10.4. The maximum Gasteiger partial charge on any atom is 0.427 e. The van der Waals surface area contributed by atoms with E-state index in [1.807, 2.05) is 0 Å². The normalized spacial score (nSPS) is 14.4. The predicted octanol–water partition coefficient (Wildman–Crippen LogP) is -1.57. The predicted molar refractivity (Wildman–Crippen MR) is 33.8 cm³/mol. The number of carbonyl (C=O) groups excluding carboxylic acids is 4. The zero-order valence-electron chi connectivity index (χ0n) is 6.84. The molecule has 1 aliphatic heterocycles. The highest BCUT2D eigenvalue weighted by atomic mass is 17.4. The van der Waals surface area contributed by atoms with Gasteiger partial charge in [0.15, 0.2) is 0 Å². The van der Waals surface area contributed by atoms with Crippen molar-refractivity contribution in [1.29, 1.82) is 0 Å². The molecule has 0 radical (unpaired) electrons. The van der Waals surface area contributed by atoms with Crippen LogP contribution in [0.3, 0.4) is 0 Å². The van der Waals surface area contributed by atoms with Crippen molar-refractivity contribution in [1.82, 2.24) is 0 Å². The van der Waals surface area contributed by atoms with Crippen LogP contribution in [0.4, 0.5) is 0 Å². The maximum absolute atomic E-state index is 10.7. The van der Waals surface area contributed by atoms with Crippen molar-refractivity contribution in [3.8, 4) is 0 Å². The minimum atomic E-state index is -1.48. The monoisotopic (exact) mass is 204 g/mol. The highest BCUT2D eigenvalue weighted by molar-refractivity contribution is 6.36. The zero-order valence-corrected chi connectivity index (χ0v) is 6.84. The molecule has 0 N–H and O–H groups in total. The SMILES string of the molecule is CC(=O)C(=O)OOC(=O)C(=O)C1OO1.